The molecule has 6 heteroatoms. The molecule has 2 aromatic rings. The molecule has 1 atom stereocenters. The average molecular weight is 328 g/mol. The Morgan fingerprint density at radius 2 is 1.83 bits per heavy atom. The lowest BCUT2D eigenvalue weighted by Gasteiger charge is -2.16. The highest BCUT2D eigenvalue weighted by atomic mass is 16.5. The van der Waals surface area contributed by atoms with Crippen molar-refractivity contribution in [3.63, 3.8) is 0 Å². The second-order valence-corrected chi connectivity index (χ2v) is 5.22. The van der Waals surface area contributed by atoms with Crippen molar-refractivity contribution in [2.45, 2.75) is 18.9 Å². The van der Waals surface area contributed by atoms with E-state index in [1.54, 1.807) is 18.3 Å². The molecule has 2 rings (SSSR count). The van der Waals surface area contributed by atoms with Crippen molar-refractivity contribution in [3.05, 3.63) is 59.8 Å². The van der Waals surface area contributed by atoms with Gasteiger partial charge in [0.25, 0.3) is 0 Å². The van der Waals surface area contributed by atoms with Gasteiger partial charge in [-0.25, -0.2) is 9.78 Å². The summed E-state index contributed by atoms with van der Waals surface area (Å²) >= 11 is 0. The zero-order valence-electron chi connectivity index (χ0n) is 13.7. The molecule has 0 aliphatic carbocycles. The largest absolute Gasteiger partial charge is 0.481 e. The smallest absolute Gasteiger partial charge is 0.328 e. The number of ether oxygens (including phenoxy) is 2. The van der Waals surface area contributed by atoms with E-state index in [9.17, 15) is 9.59 Å². The number of pyridine rings is 1. The van der Waals surface area contributed by atoms with E-state index in [2.05, 4.69) is 10.3 Å². The summed E-state index contributed by atoms with van der Waals surface area (Å²) in [5.74, 6) is -0.244. The third-order valence-electron chi connectivity index (χ3n) is 3.47. The molecular formula is C18H20N2O4. The van der Waals surface area contributed by atoms with Crippen molar-refractivity contribution >= 4 is 11.9 Å². The fourth-order valence-electron chi connectivity index (χ4n) is 2.25. The van der Waals surface area contributed by atoms with Crippen molar-refractivity contribution in [3.8, 4) is 5.88 Å². The number of hydrogen-bond acceptors (Lipinski definition) is 5. The van der Waals surface area contributed by atoms with Gasteiger partial charge in [-0.15, -0.1) is 0 Å². The number of aromatic nitrogens is 1. The molecular weight excluding hydrogens is 308 g/mol. The normalized spacial score (nSPS) is 11.4. The molecule has 1 N–H and O–H groups in total. The number of methoxy groups -OCH3 is 2. The molecule has 6 nitrogen and oxygen atoms in total. The number of benzene rings is 1. The summed E-state index contributed by atoms with van der Waals surface area (Å²) in [6.45, 7) is 0. The van der Waals surface area contributed by atoms with Gasteiger partial charge in [0.1, 0.15) is 6.04 Å². The van der Waals surface area contributed by atoms with E-state index in [1.165, 1.54) is 14.2 Å². The highest BCUT2D eigenvalue weighted by Crippen LogP contribution is 2.10. The van der Waals surface area contributed by atoms with Gasteiger partial charge in [-0.3, -0.25) is 4.79 Å². The van der Waals surface area contributed by atoms with Crippen molar-refractivity contribution in [2.24, 2.45) is 0 Å². The molecule has 0 saturated heterocycles. The highest BCUT2D eigenvalue weighted by Gasteiger charge is 2.22. The highest BCUT2D eigenvalue weighted by molar-refractivity contribution is 5.85. The standard InChI is InChI=1S/C18H20N2O4/c1-23-17-9-8-14(12-19-17)10-15(18(22)24-2)20-16(21)11-13-6-4-3-5-7-13/h3-9,12,15H,10-11H2,1-2H3,(H,20,21)/t15-/m0/s1. The zero-order chi connectivity index (χ0) is 17.4. The Labute approximate surface area is 140 Å². The summed E-state index contributed by atoms with van der Waals surface area (Å²) < 4.78 is 9.78. The number of hydrogen-bond donors (Lipinski definition) is 1. The van der Waals surface area contributed by atoms with Crippen LogP contribution in [-0.4, -0.2) is 37.1 Å². The van der Waals surface area contributed by atoms with Crippen molar-refractivity contribution in [1.82, 2.24) is 10.3 Å². The Kier molecular flexibility index (Phi) is 6.31. The van der Waals surface area contributed by atoms with Crippen molar-refractivity contribution < 1.29 is 19.1 Å². The minimum atomic E-state index is -0.763. The first-order chi connectivity index (χ1) is 11.6. The molecule has 24 heavy (non-hydrogen) atoms. The van der Waals surface area contributed by atoms with Crippen LogP contribution in [0.5, 0.6) is 5.88 Å². The van der Waals surface area contributed by atoms with Crippen LogP contribution in [0.15, 0.2) is 48.7 Å². The molecule has 0 unspecified atom stereocenters. The summed E-state index contributed by atoms with van der Waals surface area (Å²) in [6, 6.07) is 12.1. The fourth-order valence-corrected chi connectivity index (χ4v) is 2.25. The van der Waals surface area contributed by atoms with Crippen LogP contribution in [0.4, 0.5) is 0 Å². The first kappa shape index (κ1) is 17.5. The third-order valence-corrected chi connectivity index (χ3v) is 3.47. The van der Waals surface area contributed by atoms with Crippen LogP contribution in [0.25, 0.3) is 0 Å². The predicted octanol–water partition coefficient (Wildman–Crippen LogP) is 1.53. The number of esters is 1. The lowest BCUT2D eigenvalue weighted by Crippen LogP contribution is -2.43. The molecule has 1 aromatic carbocycles. The molecule has 0 bridgehead atoms. The van der Waals surface area contributed by atoms with Gasteiger partial charge in [-0.1, -0.05) is 36.4 Å². The maximum absolute atomic E-state index is 12.2. The maximum Gasteiger partial charge on any atom is 0.328 e. The van der Waals surface area contributed by atoms with Gasteiger partial charge in [0.05, 0.1) is 20.6 Å². The SMILES string of the molecule is COC(=O)[C@H](Cc1ccc(OC)nc1)NC(=O)Cc1ccccc1. The average Bonchev–Trinajstić information content (AvgIpc) is 2.62. The van der Waals surface area contributed by atoms with Gasteiger partial charge in [-0.2, -0.15) is 0 Å². The second-order valence-electron chi connectivity index (χ2n) is 5.22. The Morgan fingerprint density at radius 1 is 1.08 bits per heavy atom. The van der Waals surface area contributed by atoms with E-state index in [0.717, 1.165) is 11.1 Å². The van der Waals surface area contributed by atoms with Gasteiger partial charge in [0.15, 0.2) is 0 Å². The fraction of sp³-hybridized carbons (Fsp3) is 0.278. The summed E-state index contributed by atoms with van der Waals surface area (Å²) in [7, 11) is 2.83. The summed E-state index contributed by atoms with van der Waals surface area (Å²) in [5, 5.41) is 2.72. The van der Waals surface area contributed by atoms with Crippen LogP contribution in [-0.2, 0) is 27.2 Å². The van der Waals surface area contributed by atoms with E-state index in [4.69, 9.17) is 9.47 Å². The number of carbonyl (C=O) groups excluding carboxylic acids is 2. The Morgan fingerprint density at radius 3 is 2.42 bits per heavy atom. The minimum absolute atomic E-state index is 0.204. The van der Waals surface area contributed by atoms with Crippen LogP contribution < -0.4 is 10.1 Å². The van der Waals surface area contributed by atoms with Gasteiger partial charge in [0, 0.05) is 18.7 Å². The maximum atomic E-state index is 12.2. The minimum Gasteiger partial charge on any atom is -0.481 e. The Bertz CT molecular complexity index is 671. The van der Waals surface area contributed by atoms with E-state index < -0.39 is 12.0 Å². The monoisotopic (exact) mass is 328 g/mol. The van der Waals surface area contributed by atoms with Gasteiger partial charge in [-0.05, 0) is 11.1 Å². The van der Waals surface area contributed by atoms with E-state index >= 15 is 0 Å². The van der Waals surface area contributed by atoms with Crippen molar-refractivity contribution in [1.29, 1.82) is 0 Å². The molecule has 0 aliphatic heterocycles. The van der Waals surface area contributed by atoms with Gasteiger partial charge >= 0.3 is 5.97 Å². The number of nitrogens with one attached hydrogen (secondary N) is 1. The lowest BCUT2D eigenvalue weighted by atomic mass is 10.1. The number of amides is 1. The number of rotatable bonds is 7. The molecule has 1 heterocycles. The van der Waals surface area contributed by atoms with Gasteiger partial charge in [0.2, 0.25) is 11.8 Å². The Hall–Kier alpha value is -2.89. The van der Waals surface area contributed by atoms with Crippen LogP contribution >= 0.6 is 0 Å². The summed E-state index contributed by atoms with van der Waals surface area (Å²) in [4.78, 5) is 28.2. The lowest BCUT2D eigenvalue weighted by molar-refractivity contribution is -0.145. The van der Waals surface area contributed by atoms with E-state index in [0.29, 0.717) is 12.3 Å². The second kappa shape index (κ2) is 8.67. The first-order valence-electron chi connectivity index (χ1n) is 7.52. The van der Waals surface area contributed by atoms with Crippen molar-refractivity contribution in [2.75, 3.05) is 14.2 Å². The predicted molar refractivity (Wildman–Crippen MR) is 88.6 cm³/mol. The van der Waals surface area contributed by atoms with Crippen LogP contribution in [0.2, 0.25) is 0 Å². The topological polar surface area (TPSA) is 77.5 Å². The molecule has 1 aromatic heterocycles. The first-order valence-corrected chi connectivity index (χ1v) is 7.52. The molecule has 0 radical (unpaired) electrons. The summed E-state index contributed by atoms with van der Waals surface area (Å²) in [6.07, 6.45) is 2.11. The van der Waals surface area contributed by atoms with E-state index in [-0.39, 0.29) is 12.3 Å². The Balaban J connectivity index is 2.02. The zero-order valence-corrected chi connectivity index (χ0v) is 13.7. The molecule has 0 spiro atoms. The molecule has 0 saturated carbocycles. The molecule has 1 amide bonds. The van der Waals surface area contributed by atoms with Gasteiger partial charge < -0.3 is 14.8 Å². The molecule has 0 aliphatic rings. The van der Waals surface area contributed by atoms with Crippen LogP contribution in [0.3, 0.4) is 0 Å². The summed E-state index contributed by atoms with van der Waals surface area (Å²) in [5.41, 5.74) is 1.68. The van der Waals surface area contributed by atoms with E-state index in [1.807, 2.05) is 30.3 Å². The quantitative estimate of drug-likeness (QED) is 0.780. The van der Waals surface area contributed by atoms with Crippen LogP contribution in [0, 0.1) is 0 Å². The molecule has 0 fully saturated rings. The number of nitrogens with zero attached hydrogens (tertiary/aromatic N) is 1. The number of carbonyl (C=O) groups is 2. The third kappa shape index (κ3) is 5.08. The molecule has 126 valence electrons. The van der Waals surface area contributed by atoms with Crippen LogP contribution in [0.1, 0.15) is 11.1 Å².